The lowest BCUT2D eigenvalue weighted by atomic mass is 10.4. The number of carboxylic acid groups (broad SMARTS) is 1. The highest BCUT2D eigenvalue weighted by Crippen LogP contribution is 2.10. The Morgan fingerprint density at radius 2 is 2.25 bits per heavy atom. The summed E-state index contributed by atoms with van der Waals surface area (Å²) in [6, 6.07) is 0. The molecule has 2 rings (SSSR count). The Bertz CT molecular complexity index is 684. The van der Waals surface area contributed by atoms with Gasteiger partial charge in [0.05, 0.1) is 23.5 Å². The first-order valence-corrected chi connectivity index (χ1v) is 8.33. The van der Waals surface area contributed by atoms with Crippen LogP contribution in [-0.2, 0) is 40.3 Å². The van der Waals surface area contributed by atoms with Gasteiger partial charge in [-0.05, 0) is 6.42 Å². The van der Waals surface area contributed by atoms with Gasteiger partial charge < -0.3 is 15.2 Å². The maximum absolute atomic E-state index is 11.7. The molecule has 0 aliphatic rings. The number of aliphatic carboxylic acids is 1. The Morgan fingerprint density at radius 1 is 1.42 bits per heavy atom. The largest absolute Gasteiger partial charge is 0.480 e. The summed E-state index contributed by atoms with van der Waals surface area (Å²) >= 11 is 1.59. The molecule has 24 heavy (non-hydrogen) atoms. The van der Waals surface area contributed by atoms with Crippen LogP contribution in [-0.4, -0.2) is 50.1 Å². The number of hydrogen-bond acceptors (Lipinski definition) is 7. The second-order valence-corrected chi connectivity index (χ2v) is 5.92. The summed E-state index contributed by atoms with van der Waals surface area (Å²) in [5, 5.41) is 21.8. The van der Waals surface area contributed by atoms with Crippen LogP contribution < -0.4 is 5.32 Å². The van der Waals surface area contributed by atoms with Gasteiger partial charge >= 0.3 is 5.97 Å². The fraction of sp³-hybridized carbons (Fsp3) is 0.500. The molecule has 0 radical (unpaired) electrons. The van der Waals surface area contributed by atoms with Gasteiger partial charge in [-0.25, -0.2) is 9.67 Å². The van der Waals surface area contributed by atoms with Crippen molar-refractivity contribution in [3.05, 3.63) is 28.0 Å². The van der Waals surface area contributed by atoms with E-state index in [4.69, 9.17) is 9.84 Å². The number of aromatic nitrogens is 4. The first-order chi connectivity index (χ1) is 11.6. The van der Waals surface area contributed by atoms with Gasteiger partial charge in [0.25, 0.3) is 0 Å². The maximum Gasteiger partial charge on any atom is 0.325 e. The quantitative estimate of drug-likeness (QED) is 0.628. The number of amides is 1. The van der Waals surface area contributed by atoms with E-state index in [0.717, 1.165) is 17.1 Å². The van der Waals surface area contributed by atoms with Crippen LogP contribution in [0.2, 0.25) is 0 Å². The van der Waals surface area contributed by atoms with Crippen molar-refractivity contribution in [3.8, 4) is 0 Å². The Morgan fingerprint density at radius 3 is 2.96 bits per heavy atom. The van der Waals surface area contributed by atoms with E-state index in [-0.39, 0.29) is 25.7 Å². The standard InChI is InChI=1S/C14H19N5O4S/c1-2-10-9-24-13(16-10)3-4-15-12(20)8-23-7-11-5-19(18-17-11)6-14(21)22/h5,9H,2-4,6-8H2,1H3,(H,15,20)(H,21,22). The van der Waals surface area contributed by atoms with E-state index in [2.05, 4.69) is 27.5 Å². The molecule has 10 heteroatoms. The first-order valence-electron chi connectivity index (χ1n) is 7.45. The number of hydrogen-bond donors (Lipinski definition) is 2. The van der Waals surface area contributed by atoms with E-state index < -0.39 is 5.97 Å². The van der Waals surface area contributed by atoms with E-state index in [1.807, 2.05) is 5.38 Å². The van der Waals surface area contributed by atoms with Crippen molar-refractivity contribution in [3.63, 3.8) is 0 Å². The van der Waals surface area contributed by atoms with Crippen LogP contribution in [0.25, 0.3) is 0 Å². The summed E-state index contributed by atoms with van der Waals surface area (Å²) < 4.78 is 6.43. The van der Waals surface area contributed by atoms with Crippen LogP contribution in [0, 0.1) is 0 Å². The fourth-order valence-electron chi connectivity index (χ4n) is 1.85. The van der Waals surface area contributed by atoms with Gasteiger partial charge in [-0.1, -0.05) is 12.1 Å². The molecule has 1 amide bonds. The molecule has 0 fully saturated rings. The molecule has 0 saturated carbocycles. The van der Waals surface area contributed by atoms with E-state index in [1.54, 1.807) is 11.3 Å². The molecule has 0 aromatic carbocycles. The van der Waals surface area contributed by atoms with Crippen molar-refractivity contribution in [1.29, 1.82) is 0 Å². The molecule has 0 saturated heterocycles. The lowest BCUT2D eigenvalue weighted by molar-refractivity contribution is -0.138. The van der Waals surface area contributed by atoms with Crippen LogP contribution in [0.3, 0.4) is 0 Å². The molecule has 0 aliphatic heterocycles. The molecule has 0 bridgehead atoms. The van der Waals surface area contributed by atoms with Crippen molar-refractivity contribution in [2.45, 2.75) is 32.9 Å². The Kier molecular flexibility index (Phi) is 6.82. The Hall–Kier alpha value is -2.33. The van der Waals surface area contributed by atoms with Gasteiger partial charge in [0, 0.05) is 18.3 Å². The molecule has 2 heterocycles. The van der Waals surface area contributed by atoms with Crippen LogP contribution in [0.15, 0.2) is 11.6 Å². The van der Waals surface area contributed by atoms with Crippen molar-refractivity contribution >= 4 is 23.2 Å². The second kappa shape index (κ2) is 9.08. The SMILES string of the molecule is CCc1csc(CCNC(=O)COCc2cn(CC(=O)O)nn2)n1. The minimum atomic E-state index is -1.00. The van der Waals surface area contributed by atoms with Gasteiger partial charge in [-0.15, -0.1) is 16.4 Å². The van der Waals surface area contributed by atoms with Gasteiger partial charge in [0.15, 0.2) is 0 Å². The first kappa shape index (κ1) is 18.0. The predicted molar refractivity (Wildman–Crippen MR) is 85.5 cm³/mol. The molecular weight excluding hydrogens is 334 g/mol. The molecule has 2 N–H and O–H groups in total. The normalized spacial score (nSPS) is 10.7. The highest BCUT2D eigenvalue weighted by Gasteiger charge is 2.07. The number of aryl methyl sites for hydroxylation is 1. The molecule has 0 aliphatic carbocycles. The number of carbonyl (C=O) groups excluding carboxylic acids is 1. The summed E-state index contributed by atoms with van der Waals surface area (Å²) in [5.41, 5.74) is 1.54. The minimum absolute atomic E-state index is 0.0934. The third-order valence-corrected chi connectivity index (χ3v) is 3.95. The number of carboxylic acids is 1. The van der Waals surface area contributed by atoms with Gasteiger partial charge in [-0.2, -0.15) is 0 Å². The lowest BCUT2D eigenvalue weighted by Gasteiger charge is -2.04. The maximum atomic E-state index is 11.7. The zero-order chi connectivity index (χ0) is 17.4. The highest BCUT2D eigenvalue weighted by atomic mass is 32.1. The Balaban J connectivity index is 1.60. The summed E-state index contributed by atoms with van der Waals surface area (Å²) in [6.45, 7) is 2.30. The van der Waals surface area contributed by atoms with Crippen molar-refractivity contribution in [2.75, 3.05) is 13.2 Å². The molecule has 130 valence electrons. The third-order valence-electron chi connectivity index (χ3n) is 2.99. The Labute approximate surface area is 142 Å². The van der Waals surface area contributed by atoms with E-state index >= 15 is 0 Å². The van der Waals surface area contributed by atoms with Crippen LogP contribution >= 0.6 is 11.3 Å². The highest BCUT2D eigenvalue weighted by molar-refractivity contribution is 7.09. The number of nitrogens with zero attached hydrogens (tertiary/aromatic N) is 4. The van der Waals surface area contributed by atoms with Crippen LogP contribution in [0.1, 0.15) is 23.3 Å². The molecule has 0 spiro atoms. The molecule has 2 aromatic rings. The van der Waals surface area contributed by atoms with Gasteiger partial charge in [0.2, 0.25) is 5.91 Å². The molecular formula is C14H19N5O4S. The lowest BCUT2D eigenvalue weighted by Crippen LogP contribution is -2.29. The van der Waals surface area contributed by atoms with E-state index in [1.165, 1.54) is 10.9 Å². The monoisotopic (exact) mass is 353 g/mol. The second-order valence-electron chi connectivity index (χ2n) is 4.98. The van der Waals surface area contributed by atoms with Crippen LogP contribution in [0.4, 0.5) is 0 Å². The van der Waals surface area contributed by atoms with Crippen molar-refractivity contribution in [1.82, 2.24) is 25.3 Å². The number of carbonyl (C=O) groups is 2. The molecule has 2 aromatic heterocycles. The number of thiazole rings is 1. The molecule has 0 unspecified atom stereocenters. The molecule has 0 atom stereocenters. The number of ether oxygens (including phenoxy) is 1. The predicted octanol–water partition coefficient (Wildman–Crippen LogP) is 0.257. The average Bonchev–Trinajstić information content (AvgIpc) is 3.16. The fourth-order valence-corrected chi connectivity index (χ4v) is 2.74. The zero-order valence-electron chi connectivity index (χ0n) is 13.3. The van der Waals surface area contributed by atoms with Gasteiger partial charge in [-0.3, -0.25) is 9.59 Å². The van der Waals surface area contributed by atoms with Crippen molar-refractivity contribution < 1.29 is 19.4 Å². The summed E-state index contributed by atoms with van der Waals surface area (Å²) in [5.74, 6) is -1.22. The summed E-state index contributed by atoms with van der Waals surface area (Å²) in [7, 11) is 0. The number of rotatable bonds is 10. The third kappa shape index (κ3) is 6.05. The average molecular weight is 353 g/mol. The van der Waals surface area contributed by atoms with Crippen molar-refractivity contribution in [2.24, 2.45) is 0 Å². The topological polar surface area (TPSA) is 119 Å². The minimum Gasteiger partial charge on any atom is -0.480 e. The van der Waals surface area contributed by atoms with Gasteiger partial charge in [0.1, 0.15) is 18.8 Å². The van der Waals surface area contributed by atoms with E-state index in [0.29, 0.717) is 18.7 Å². The molecule has 9 nitrogen and oxygen atoms in total. The summed E-state index contributed by atoms with van der Waals surface area (Å²) in [4.78, 5) is 26.6. The zero-order valence-corrected chi connectivity index (χ0v) is 14.1. The number of nitrogens with one attached hydrogen (secondary N) is 1. The smallest absolute Gasteiger partial charge is 0.325 e. The van der Waals surface area contributed by atoms with E-state index in [9.17, 15) is 9.59 Å². The van der Waals surface area contributed by atoms with Crippen LogP contribution in [0.5, 0.6) is 0 Å². The summed E-state index contributed by atoms with van der Waals surface area (Å²) in [6.07, 6.45) is 3.08.